The Kier molecular flexibility index (Phi) is 5.40. The van der Waals surface area contributed by atoms with Gasteiger partial charge in [0.15, 0.2) is 9.84 Å². The van der Waals surface area contributed by atoms with Gasteiger partial charge < -0.3 is 5.32 Å². The van der Waals surface area contributed by atoms with Gasteiger partial charge >= 0.3 is 0 Å². The second-order valence-electron chi connectivity index (χ2n) is 4.68. The van der Waals surface area contributed by atoms with Crippen LogP contribution in [0.15, 0.2) is 17.0 Å². The van der Waals surface area contributed by atoms with Crippen LogP contribution in [0.4, 0.5) is 5.69 Å². The van der Waals surface area contributed by atoms with Crippen molar-refractivity contribution in [3.63, 3.8) is 0 Å². The van der Waals surface area contributed by atoms with Crippen LogP contribution < -0.4 is 5.32 Å². The van der Waals surface area contributed by atoms with Gasteiger partial charge in [-0.05, 0) is 36.6 Å². The minimum Gasteiger partial charge on any atom is -0.325 e. The third-order valence-corrected chi connectivity index (χ3v) is 4.83. The lowest BCUT2D eigenvalue weighted by molar-refractivity contribution is -0.113. The number of hydrogen-bond acceptors (Lipinski definition) is 5. The Morgan fingerprint density at radius 1 is 1.24 bits per heavy atom. The van der Waals surface area contributed by atoms with Crippen molar-refractivity contribution in [3.8, 4) is 0 Å². The van der Waals surface area contributed by atoms with E-state index in [1.54, 1.807) is 13.8 Å². The number of hydrogen-bond donors (Lipinski definition) is 1. The van der Waals surface area contributed by atoms with E-state index in [0.29, 0.717) is 23.2 Å². The Hall–Kier alpha value is -1.12. The Morgan fingerprint density at radius 2 is 1.81 bits per heavy atom. The molecule has 0 saturated carbocycles. The molecule has 0 heterocycles. The zero-order valence-electron chi connectivity index (χ0n) is 11.8. The highest BCUT2D eigenvalue weighted by molar-refractivity contribution is 8.13. The fourth-order valence-corrected chi connectivity index (χ4v) is 3.25. The highest BCUT2D eigenvalue weighted by Gasteiger charge is 2.18. The quantitative estimate of drug-likeness (QED) is 0.808. The topological polar surface area (TPSA) is 97.4 Å². The first-order valence-corrected chi connectivity index (χ1v) is 10.4. The minimum atomic E-state index is -3.87. The van der Waals surface area contributed by atoms with Crippen molar-refractivity contribution in [2.24, 2.45) is 0 Å². The molecule has 0 aromatic heterocycles. The first-order chi connectivity index (χ1) is 9.44. The lowest BCUT2D eigenvalue weighted by Crippen LogP contribution is -2.23. The number of benzene rings is 1. The summed E-state index contributed by atoms with van der Waals surface area (Å²) in [6.45, 7) is 3.40. The van der Waals surface area contributed by atoms with Gasteiger partial charge in [-0.1, -0.05) is 6.92 Å². The van der Waals surface area contributed by atoms with Crippen molar-refractivity contribution in [1.29, 1.82) is 0 Å². The number of rotatable bonds is 5. The fourth-order valence-electron chi connectivity index (χ4n) is 1.84. The molecule has 21 heavy (non-hydrogen) atoms. The average molecular weight is 354 g/mol. The summed E-state index contributed by atoms with van der Waals surface area (Å²) in [5.41, 5.74) is 1.47. The summed E-state index contributed by atoms with van der Waals surface area (Å²) in [5, 5.41) is 2.51. The summed E-state index contributed by atoms with van der Waals surface area (Å²) in [7, 11) is -1.99. The predicted molar refractivity (Wildman–Crippen MR) is 81.9 cm³/mol. The Bertz CT molecular complexity index is 769. The van der Waals surface area contributed by atoms with E-state index in [-0.39, 0.29) is 4.90 Å². The summed E-state index contributed by atoms with van der Waals surface area (Å²) in [6, 6.07) is 2.70. The fraction of sp³-hybridized carbons (Fsp3) is 0.417. The molecule has 1 aromatic rings. The third-order valence-electron chi connectivity index (χ3n) is 2.71. The van der Waals surface area contributed by atoms with Crippen molar-refractivity contribution in [2.75, 3.05) is 17.3 Å². The zero-order chi connectivity index (χ0) is 16.4. The number of anilines is 1. The van der Waals surface area contributed by atoms with E-state index < -0.39 is 30.5 Å². The summed E-state index contributed by atoms with van der Waals surface area (Å²) in [4.78, 5) is 11.6. The molecule has 9 heteroatoms. The van der Waals surface area contributed by atoms with Gasteiger partial charge in [-0.15, -0.1) is 0 Å². The second kappa shape index (κ2) is 6.33. The molecule has 0 spiro atoms. The van der Waals surface area contributed by atoms with Gasteiger partial charge in [0, 0.05) is 22.6 Å². The normalized spacial score (nSPS) is 12.2. The van der Waals surface area contributed by atoms with Crippen LogP contribution >= 0.6 is 10.7 Å². The molecule has 0 bridgehead atoms. The number of amides is 1. The molecule has 0 fully saturated rings. The first-order valence-electron chi connectivity index (χ1n) is 6.00. The second-order valence-corrected chi connectivity index (χ2v) is 9.39. The summed E-state index contributed by atoms with van der Waals surface area (Å²) in [5.74, 6) is -1.30. The maximum absolute atomic E-state index is 11.7. The lowest BCUT2D eigenvalue weighted by Gasteiger charge is -2.14. The molecule has 1 aromatic carbocycles. The molecular weight excluding hydrogens is 338 g/mol. The molecule has 1 amide bonds. The molecule has 118 valence electrons. The first kappa shape index (κ1) is 17.9. The van der Waals surface area contributed by atoms with E-state index in [1.807, 2.05) is 0 Å². The summed E-state index contributed by atoms with van der Waals surface area (Å²) in [6.07, 6.45) is 1.42. The molecule has 0 aliphatic heterocycles. The summed E-state index contributed by atoms with van der Waals surface area (Å²) >= 11 is 0. The van der Waals surface area contributed by atoms with Crippen molar-refractivity contribution >= 4 is 41.2 Å². The van der Waals surface area contributed by atoms with Gasteiger partial charge in [0.1, 0.15) is 5.75 Å². The molecule has 6 nitrogen and oxygen atoms in total. The van der Waals surface area contributed by atoms with Crippen molar-refractivity contribution < 1.29 is 21.6 Å². The van der Waals surface area contributed by atoms with Crippen LogP contribution in [0.3, 0.4) is 0 Å². The van der Waals surface area contributed by atoms with Gasteiger partial charge in [-0.3, -0.25) is 4.79 Å². The lowest BCUT2D eigenvalue weighted by atomic mass is 10.1. The van der Waals surface area contributed by atoms with Crippen LogP contribution in [0.1, 0.15) is 18.1 Å². The molecule has 0 radical (unpaired) electrons. The van der Waals surface area contributed by atoms with Crippen LogP contribution in [0.5, 0.6) is 0 Å². The molecule has 1 N–H and O–H groups in total. The number of aryl methyl sites for hydroxylation is 2. The molecule has 0 aliphatic carbocycles. The van der Waals surface area contributed by atoms with Crippen LogP contribution in [-0.4, -0.2) is 34.8 Å². The van der Waals surface area contributed by atoms with Crippen molar-refractivity contribution in [3.05, 3.63) is 23.3 Å². The molecular formula is C12H16ClNO5S2. The molecule has 0 atom stereocenters. The molecule has 1 rings (SSSR count). The Morgan fingerprint density at radius 3 is 2.24 bits per heavy atom. The van der Waals surface area contributed by atoms with Gasteiger partial charge in [0.25, 0.3) is 9.05 Å². The number of sulfone groups is 1. The van der Waals surface area contributed by atoms with E-state index >= 15 is 0 Å². The van der Waals surface area contributed by atoms with E-state index in [0.717, 1.165) is 6.26 Å². The smallest absolute Gasteiger partial charge is 0.261 e. The third kappa shape index (κ3) is 5.29. The van der Waals surface area contributed by atoms with E-state index in [2.05, 4.69) is 5.32 Å². The van der Waals surface area contributed by atoms with Gasteiger partial charge in [-0.25, -0.2) is 16.8 Å². The highest BCUT2D eigenvalue weighted by atomic mass is 35.7. The minimum absolute atomic E-state index is 0.0559. The largest absolute Gasteiger partial charge is 0.325 e. The van der Waals surface area contributed by atoms with Gasteiger partial charge in [0.2, 0.25) is 5.91 Å². The molecule has 0 unspecified atom stereocenters. The van der Waals surface area contributed by atoms with Crippen molar-refractivity contribution in [2.45, 2.75) is 25.2 Å². The maximum atomic E-state index is 11.7. The highest BCUT2D eigenvalue weighted by Crippen LogP contribution is 2.27. The van der Waals surface area contributed by atoms with Gasteiger partial charge in [-0.2, -0.15) is 0 Å². The van der Waals surface area contributed by atoms with Gasteiger partial charge in [0.05, 0.1) is 4.90 Å². The predicted octanol–water partition coefficient (Wildman–Crippen LogP) is 1.47. The number of carbonyl (C=O) groups excluding carboxylic acids is 1. The van der Waals surface area contributed by atoms with Crippen LogP contribution in [0, 0.1) is 6.92 Å². The summed E-state index contributed by atoms with van der Waals surface area (Å²) < 4.78 is 44.9. The maximum Gasteiger partial charge on any atom is 0.261 e. The van der Waals surface area contributed by atoms with Crippen LogP contribution in [0.25, 0.3) is 0 Å². The SMILES string of the molecule is CCc1cc(S(=O)(=O)Cl)cc(C)c1NC(=O)CS(C)(=O)=O. The Balaban J connectivity index is 3.23. The monoisotopic (exact) mass is 353 g/mol. The van der Waals surface area contributed by atoms with Crippen molar-refractivity contribution in [1.82, 2.24) is 0 Å². The Labute approximate surface area is 128 Å². The number of carbonyl (C=O) groups is 1. The zero-order valence-corrected chi connectivity index (χ0v) is 14.2. The molecule has 0 saturated heterocycles. The average Bonchev–Trinajstić information content (AvgIpc) is 2.27. The number of halogens is 1. The van der Waals surface area contributed by atoms with E-state index in [4.69, 9.17) is 10.7 Å². The number of nitrogens with one attached hydrogen (secondary N) is 1. The molecule has 0 aliphatic rings. The van der Waals surface area contributed by atoms with Crippen LogP contribution in [0.2, 0.25) is 0 Å². The van der Waals surface area contributed by atoms with Crippen LogP contribution in [-0.2, 0) is 30.1 Å². The standard InChI is InChI=1S/C12H16ClNO5S2/c1-4-9-6-10(21(13,18)19)5-8(2)12(9)14-11(15)7-20(3,16)17/h5-6H,4,7H2,1-3H3,(H,14,15). The van der Waals surface area contributed by atoms with E-state index in [1.165, 1.54) is 12.1 Å². The van der Waals surface area contributed by atoms with E-state index in [9.17, 15) is 21.6 Å².